The Hall–Kier alpha value is -1.57. The van der Waals surface area contributed by atoms with Crippen molar-refractivity contribution < 1.29 is 9.59 Å². The van der Waals surface area contributed by atoms with Crippen molar-refractivity contribution in [3.8, 4) is 6.07 Å². The van der Waals surface area contributed by atoms with Crippen molar-refractivity contribution in [2.24, 2.45) is 0 Å². The first-order valence-electron chi connectivity index (χ1n) is 5.12. The van der Waals surface area contributed by atoms with E-state index < -0.39 is 11.9 Å². The largest absolute Gasteiger partial charge is 0.338 e. The van der Waals surface area contributed by atoms with Crippen LogP contribution in [-0.4, -0.2) is 29.9 Å². The number of nitrogens with zero attached hydrogens (tertiary/aromatic N) is 2. The average Bonchev–Trinajstić information content (AvgIpc) is 2.22. The highest BCUT2D eigenvalue weighted by Crippen LogP contribution is 1.97. The second-order valence-electron chi connectivity index (χ2n) is 3.11. The zero-order chi connectivity index (χ0) is 11.7. The first-order valence-corrected chi connectivity index (χ1v) is 5.12. The molecule has 0 atom stereocenters. The first kappa shape index (κ1) is 13.4. The molecule has 0 aliphatic heterocycles. The van der Waals surface area contributed by atoms with Gasteiger partial charge in [-0.3, -0.25) is 9.69 Å². The van der Waals surface area contributed by atoms with Crippen LogP contribution in [0.3, 0.4) is 0 Å². The molecule has 0 radical (unpaired) electrons. The van der Waals surface area contributed by atoms with E-state index >= 15 is 0 Å². The number of imide groups is 1. The third kappa shape index (κ3) is 5.01. The highest BCUT2D eigenvalue weighted by Gasteiger charge is 2.19. The normalized spacial score (nSPS) is 9.13. The summed E-state index contributed by atoms with van der Waals surface area (Å²) < 4.78 is 0. The van der Waals surface area contributed by atoms with Gasteiger partial charge in [0.05, 0.1) is 6.07 Å². The molecule has 15 heavy (non-hydrogen) atoms. The van der Waals surface area contributed by atoms with E-state index in [0.29, 0.717) is 19.5 Å². The van der Waals surface area contributed by atoms with Crippen molar-refractivity contribution in [1.29, 1.82) is 5.26 Å². The van der Waals surface area contributed by atoms with E-state index in [2.05, 4.69) is 5.32 Å². The SMILES string of the molecule is CCCNC(=O)N(CCC)C(=O)CC#N. The average molecular weight is 211 g/mol. The van der Waals surface area contributed by atoms with Crippen LogP contribution in [-0.2, 0) is 4.79 Å². The van der Waals surface area contributed by atoms with Gasteiger partial charge in [0.25, 0.3) is 0 Å². The molecule has 0 fully saturated rings. The van der Waals surface area contributed by atoms with Gasteiger partial charge in [-0.25, -0.2) is 4.79 Å². The minimum absolute atomic E-state index is 0.250. The van der Waals surface area contributed by atoms with E-state index in [0.717, 1.165) is 11.3 Å². The fourth-order valence-electron chi connectivity index (χ4n) is 1.05. The maximum Gasteiger partial charge on any atom is 0.324 e. The predicted molar refractivity (Wildman–Crippen MR) is 55.9 cm³/mol. The van der Waals surface area contributed by atoms with Crippen LogP contribution in [0.2, 0.25) is 0 Å². The predicted octanol–water partition coefficient (Wildman–Crippen LogP) is 1.26. The lowest BCUT2D eigenvalue weighted by Crippen LogP contribution is -2.44. The molecule has 0 aromatic carbocycles. The molecule has 0 saturated heterocycles. The Morgan fingerprint density at radius 1 is 1.33 bits per heavy atom. The van der Waals surface area contributed by atoms with Crippen LogP contribution >= 0.6 is 0 Å². The van der Waals surface area contributed by atoms with Crippen LogP contribution in [0, 0.1) is 11.3 Å². The number of hydrogen-bond donors (Lipinski definition) is 1. The molecule has 0 aromatic rings. The van der Waals surface area contributed by atoms with E-state index in [9.17, 15) is 9.59 Å². The smallest absolute Gasteiger partial charge is 0.324 e. The summed E-state index contributed by atoms with van der Waals surface area (Å²) >= 11 is 0. The number of rotatable bonds is 5. The number of nitrogens with one attached hydrogen (secondary N) is 1. The molecule has 0 unspecified atom stereocenters. The minimum atomic E-state index is -0.437. The zero-order valence-electron chi connectivity index (χ0n) is 9.25. The molecule has 5 nitrogen and oxygen atoms in total. The molecule has 0 heterocycles. The van der Waals surface area contributed by atoms with Gasteiger partial charge in [0, 0.05) is 13.1 Å². The number of amides is 3. The topological polar surface area (TPSA) is 73.2 Å². The number of carbonyl (C=O) groups excluding carboxylic acids is 2. The van der Waals surface area contributed by atoms with Crippen molar-refractivity contribution in [3.05, 3.63) is 0 Å². The third-order valence-corrected chi connectivity index (χ3v) is 1.75. The van der Waals surface area contributed by atoms with E-state index in [4.69, 9.17) is 5.26 Å². The van der Waals surface area contributed by atoms with Gasteiger partial charge in [-0.05, 0) is 12.8 Å². The monoisotopic (exact) mass is 211 g/mol. The Kier molecular flexibility index (Phi) is 6.98. The Labute approximate surface area is 90.0 Å². The van der Waals surface area contributed by atoms with Crippen LogP contribution < -0.4 is 5.32 Å². The molecule has 0 spiro atoms. The molecule has 0 rings (SSSR count). The second-order valence-corrected chi connectivity index (χ2v) is 3.11. The maximum absolute atomic E-state index is 11.5. The summed E-state index contributed by atoms with van der Waals surface area (Å²) in [6.07, 6.45) is 1.26. The van der Waals surface area contributed by atoms with Crippen molar-refractivity contribution in [2.75, 3.05) is 13.1 Å². The molecule has 0 aliphatic carbocycles. The van der Waals surface area contributed by atoms with E-state index in [1.165, 1.54) is 0 Å². The van der Waals surface area contributed by atoms with E-state index in [1.54, 1.807) is 6.07 Å². The van der Waals surface area contributed by atoms with Gasteiger partial charge >= 0.3 is 6.03 Å². The molecular weight excluding hydrogens is 194 g/mol. The lowest BCUT2D eigenvalue weighted by Gasteiger charge is -2.19. The minimum Gasteiger partial charge on any atom is -0.338 e. The first-order chi connectivity index (χ1) is 7.17. The van der Waals surface area contributed by atoms with Gasteiger partial charge in [-0.2, -0.15) is 5.26 Å². The summed E-state index contributed by atoms with van der Waals surface area (Å²) in [7, 11) is 0. The van der Waals surface area contributed by atoms with Gasteiger partial charge < -0.3 is 5.32 Å². The van der Waals surface area contributed by atoms with Gasteiger partial charge in [0.15, 0.2) is 0 Å². The van der Waals surface area contributed by atoms with Crippen molar-refractivity contribution in [1.82, 2.24) is 10.2 Å². The molecule has 0 saturated carbocycles. The fraction of sp³-hybridized carbons (Fsp3) is 0.700. The van der Waals surface area contributed by atoms with Crippen LogP contribution in [0.25, 0.3) is 0 Å². The number of hydrogen-bond acceptors (Lipinski definition) is 3. The third-order valence-electron chi connectivity index (χ3n) is 1.75. The van der Waals surface area contributed by atoms with Crippen LogP contribution in [0.15, 0.2) is 0 Å². The fourth-order valence-corrected chi connectivity index (χ4v) is 1.05. The Morgan fingerprint density at radius 3 is 2.47 bits per heavy atom. The summed E-state index contributed by atoms with van der Waals surface area (Å²) in [6.45, 7) is 4.70. The molecule has 1 N–H and O–H groups in total. The van der Waals surface area contributed by atoms with Crippen LogP contribution in [0.5, 0.6) is 0 Å². The van der Waals surface area contributed by atoms with Crippen LogP contribution in [0.4, 0.5) is 4.79 Å². The Bertz CT molecular complexity index is 258. The summed E-state index contributed by atoms with van der Waals surface area (Å²) in [5, 5.41) is 11.0. The van der Waals surface area contributed by atoms with Crippen LogP contribution in [0.1, 0.15) is 33.1 Å². The second kappa shape index (κ2) is 7.80. The lowest BCUT2D eigenvalue weighted by molar-refractivity contribution is -0.127. The van der Waals surface area contributed by atoms with Gasteiger partial charge in [0.1, 0.15) is 6.42 Å². The molecular formula is C10H17N3O2. The maximum atomic E-state index is 11.5. The quantitative estimate of drug-likeness (QED) is 0.744. The Morgan fingerprint density at radius 2 is 2.00 bits per heavy atom. The Balaban J connectivity index is 4.31. The van der Waals surface area contributed by atoms with E-state index in [1.807, 2.05) is 13.8 Å². The van der Waals surface area contributed by atoms with E-state index in [-0.39, 0.29) is 6.42 Å². The van der Waals surface area contributed by atoms with Crippen molar-refractivity contribution in [2.45, 2.75) is 33.1 Å². The standard InChI is InChI=1S/C10H17N3O2/c1-3-7-12-10(15)13(8-4-2)9(14)5-6-11/h3-5,7-8H2,1-2H3,(H,12,15). The van der Waals surface area contributed by atoms with Crippen molar-refractivity contribution in [3.63, 3.8) is 0 Å². The molecule has 0 bridgehead atoms. The van der Waals surface area contributed by atoms with Crippen molar-refractivity contribution >= 4 is 11.9 Å². The van der Waals surface area contributed by atoms with Gasteiger partial charge in [0.2, 0.25) is 5.91 Å². The molecule has 3 amide bonds. The highest BCUT2D eigenvalue weighted by atomic mass is 16.2. The highest BCUT2D eigenvalue weighted by molar-refractivity contribution is 5.95. The summed E-state index contributed by atoms with van der Waals surface area (Å²) in [4.78, 5) is 24.0. The summed E-state index contributed by atoms with van der Waals surface area (Å²) in [5.74, 6) is -0.437. The van der Waals surface area contributed by atoms with Gasteiger partial charge in [-0.1, -0.05) is 13.8 Å². The molecule has 5 heteroatoms. The lowest BCUT2D eigenvalue weighted by atomic mass is 10.3. The molecule has 84 valence electrons. The van der Waals surface area contributed by atoms with Gasteiger partial charge in [-0.15, -0.1) is 0 Å². The number of carbonyl (C=O) groups is 2. The number of urea groups is 1. The zero-order valence-corrected chi connectivity index (χ0v) is 9.25. The summed E-state index contributed by atoms with van der Waals surface area (Å²) in [5.41, 5.74) is 0. The molecule has 0 aromatic heterocycles. The number of nitriles is 1. The summed E-state index contributed by atoms with van der Waals surface area (Å²) in [6, 6.07) is 1.34. The molecule has 0 aliphatic rings.